The second kappa shape index (κ2) is 8.94. The van der Waals surface area contributed by atoms with Gasteiger partial charge in [0.2, 0.25) is 5.91 Å². The van der Waals surface area contributed by atoms with Crippen LogP contribution in [0, 0.1) is 13.8 Å². The zero-order valence-corrected chi connectivity index (χ0v) is 20.6. The van der Waals surface area contributed by atoms with E-state index in [-0.39, 0.29) is 17.9 Å². The number of fused-ring (bicyclic) bond motifs is 3. The highest BCUT2D eigenvalue weighted by molar-refractivity contribution is 6.14. The van der Waals surface area contributed by atoms with Crippen LogP contribution < -0.4 is 10.2 Å². The minimum absolute atomic E-state index is 0.0611. The zero-order chi connectivity index (χ0) is 23.9. The van der Waals surface area contributed by atoms with Gasteiger partial charge in [-0.25, -0.2) is 0 Å². The molecule has 0 unspecified atom stereocenters. The third-order valence-corrected chi connectivity index (χ3v) is 7.59. The summed E-state index contributed by atoms with van der Waals surface area (Å²) < 4.78 is 2.04. The lowest BCUT2D eigenvalue weighted by Gasteiger charge is -2.45. The molecule has 2 heterocycles. The molecule has 1 saturated carbocycles. The molecule has 1 aliphatic carbocycles. The molecule has 2 aromatic carbocycles. The largest absolute Gasteiger partial charge is 0.351 e. The Balaban J connectivity index is 1.59. The predicted octanol–water partition coefficient (Wildman–Crippen LogP) is 5.91. The summed E-state index contributed by atoms with van der Waals surface area (Å²) in [5.41, 5.74) is 3.55. The van der Waals surface area contributed by atoms with Crippen molar-refractivity contribution in [2.75, 3.05) is 4.90 Å². The lowest BCUT2D eigenvalue weighted by atomic mass is 9.91. The average Bonchev–Trinajstić information content (AvgIpc) is 3.13. The molecule has 178 valence electrons. The normalized spacial score (nSPS) is 21.7. The van der Waals surface area contributed by atoms with Gasteiger partial charge in [0, 0.05) is 22.6 Å². The Hall–Kier alpha value is -3.08. The van der Waals surface area contributed by atoms with Crippen molar-refractivity contribution in [2.24, 2.45) is 0 Å². The molecule has 0 saturated heterocycles. The van der Waals surface area contributed by atoms with Crippen LogP contribution in [0.5, 0.6) is 0 Å². The van der Waals surface area contributed by atoms with Crippen molar-refractivity contribution in [3.8, 4) is 0 Å². The van der Waals surface area contributed by atoms with Gasteiger partial charge in [-0.2, -0.15) is 0 Å². The van der Waals surface area contributed by atoms with Gasteiger partial charge in [0.25, 0.3) is 5.91 Å². The third-order valence-electron chi connectivity index (χ3n) is 7.59. The standard InChI is InChI=1S/C29H35N3O2/c1-20-15-21(2)17-24(16-20)32-27(33)26-18-22-11-9-10-14-25(22)31(26)19-29(32,3)28(34)30-23-12-7-5-4-6-8-13-23/h9-11,14-18,23H,4-8,12-13,19H2,1-3H3,(H,30,34)/t29-/m1/s1. The van der Waals surface area contributed by atoms with Gasteiger partial charge in [0.1, 0.15) is 11.2 Å². The van der Waals surface area contributed by atoms with E-state index in [1.54, 1.807) is 4.90 Å². The Morgan fingerprint density at radius 3 is 2.29 bits per heavy atom. The Kier molecular flexibility index (Phi) is 5.97. The molecular weight excluding hydrogens is 422 g/mol. The molecule has 1 aromatic heterocycles. The molecule has 1 N–H and O–H groups in total. The summed E-state index contributed by atoms with van der Waals surface area (Å²) >= 11 is 0. The summed E-state index contributed by atoms with van der Waals surface area (Å²) in [6, 6.07) is 16.3. The molecule has 1 aliphatic heterocycles. The van der Waals surface area contributed by atoms with Crippen LogP contribution in [-0.2, 0) is 11.3 Å². The number of hydrogen-bond acceptors (Lipinski definition) is 2. The summed E-state index contributed by atoms with van der Waals surface area (Å²) in [4.78, 5) is 29.8. The minimum atomic E-state index is -1.03. The molecule has 2 aliphatic rings. The van der Waals surface area contributed by atoms with Gasteiger partial charge >= 0.3 is 0 Å². The number of aromatic nitrogens is 1. The average molecular weight is 458 g/mol. The van der Waals surface area contributed by atoms with Crippen molar-refractivity contribution >= 4 is 28.4 Å². The van der Waals surface area contributed by atoms with Crippen LogP contribution in [0.25, 0.3) is 10.9 Å². The molecular formula is C29H35N3O2. The second-order valence-corrected chi connectivity index (χ2v) is 10.5. The first kappa shape index (κ1) is 22.7. The van der Waals surface area contributed by atoms with Gasteiger partial charge < -0.3 is 9.88 Å². The van der Waals surface area contributed by atoms with Gasteiger partial charge in [0.05, 0.1) is 6.54 Å². The highest BCUT2D eigenvalue weighted by Crippen LogP contribution is 2.37. The van der Waals surface area contributed by atoms with Crippen LogP contribution in [0.1, 0.15) is 73.5 Å². The molecule has 5 rings (SSSR count). The number of carbonyl (C=O) groups is 2. The summed E-state index contributed by atoms with van der Waals surface area (Å²) in [6.45, 7) is 6.42. The van der Waals surface area contributed by atoms with E-state index in [9.17, 15) is 9.59 Å². The summed E-state index contributed by atoms with van der Waals surface area (Å²) in [5.74, 6) is -0.184. The number of hydrogen-bond donors (Lipinski definition) is 1. The highest BCUT2D eigenvalue weighted by Gasteiger charge is 2.49. The number of anilines is 1. The van der Waals surface area contributed by atoms with E-state index in [4.69, 9.17) is 0 Å². The lowest BCUT2D eigenvalue weighted by Crippen LogP contribution is -2.65. The summed E-state index contributed by atoms with van der Waals surface area (Å²) in [7, 11) is 0. The van der Waals surface area contributed by atoms with Gasteiger partial charge in [-0.3, -0.25) is 14.5 Å². The van der Waals surface area contributed by atoms with Crippen molar-refractivity contribution in [2.45, 2.75) is 83.8 Å². The molecule has 0 radical (unpaired) electrons. The van der Waals surface area contributed by atoms with E-state index < -0.39 is 5.54 Å². The van der Waals surface area contributed by atoms with E-state index in [0.717, 1.165) is 53.4 Å². The molecule has 3 aromatic rings. The molecule has 0 bridgehead atoms. The Morgan fingerprint density at radius 1 is 0.941 bits per heavy atom. The number of para-hydroxylation sites is 1. The predicted molar refractivity (Wildman–Crippen MR) is 137 cm³/mol. The summed E-state index contributed by atoms with van der Waals surface area (Å²) in [5, 5.41) is 4.40. The van der Waals surface area contributed by atoms with E-state index in [0.29, 0.717) is 12.2 Å². The zero-order valence-electron chi connectivity index (χ0n) is 20.6. The van der Waals surface area contributed by atoms with E-state index >= 15 is 0 Å². The third kappa shape index (κ3) is 4.02. The molecule has 0 spiro atoms. The maximum absolute atomic E-state index is 14.0. The number of benzene rings is 2. The van der Waals surface area contributed by atoms with E-state index in [1.165, 1.54) is 19.3 Å². The Labute approximate surface area is 202 Å². The van der Waals surface area contributed by atoms with Crippen molar-refractivity contribution in [1.29, 1.82) is 0 Å². The number of nitrogens with one attached hydrogen (secondary N) is 1. The number of nitrogens with zero attached hydrogens (tertiary/aromatic N) is 2. The minimum Gasteiger partial charge on any atom is -0.351 e. The fourth-order valence-corrected chi connectivity index (χ4v) is 5.87. The van der Waals surface area contributed by atoms with Crippen LogP contribution in [0.4, 0.5) is 5.69 Å². The van der Waals surface area contributed by atoms with E-state index in [1.807, 2.05) is 67.8 Å². The van der Waals surface area contributed by atoms with Crippen LogP contribution in [-0.4, -0.2) is 28.0 Å². The van der Waals surface area contributed by atoms with Gasteiger partial charge in [-0.1, -0.05) is 56.4 Å². The lowest BCUT2D eigenvalue weighted by molar-refractivity contribution is -0.127. The first-order chi connectivity index (χ1) is 16.4. The summed E-state index contributed by atoms with van der Waals surface area (Å²) in [6.07, 6.45) is 8.07. The first-order valence-corrected chi connectivity index (χ1v) is 12.7. The van der Waals surface area contributed by atoms with Crippen LogP contribution >= 0.6 is 0 Å². The number of amides is 2. The van der Waals surface area contributed by atoms with Crippen LogP contribution in [0.3, 0.4) is 0 Å². The SMILES string of the molecule is Cc1cc(C)cc(N2C(=O)c3cc4ccccc4n3C[C@]2(C)C(=O)NC2CCCCCCC2)c1. The van der Waals surface area contributed by atoms with Crippen LogP contribution in [0.2, 0.25) is 0 Å². The molecule has 5 nitrogen and oxygen atoms in total. The molecule has 1 fully saturated rings. The van der Waals surface area contributed by atoms with Crippen molar-refractivity contribution in [3.05, 3.63) is 65.4 Å². The molecule has 5 heteroatoms. The van der Waals surface area contributed by atoms with Crippen molar-refractivity contribution < 1.29 is 9.59 Å². The van der Waals surface area contributed by atoms with Gasteiger partial charge in [-0.05, 0) is 69.0 Å². The first-order valence-electron chi connectivity index (χ1n) is 12.7. The maximum atomic E-state index is 14.0. The quantitative estimate of drug-likeness (QED) is 0.532. The monoisotopic (exact) mass is 457 g/mol. The number of aryl methyl sites for hydroxylation is 2. The topological polar surface area (TPSA) is 54.3 Å². The van der Waals surface area contributed by atoms with Crippen LogP contribution in [0.15, 0.2) is 48.5 Å². The highest BCUT2D eigenvalue weighted by atomic mass is 16.2. The Morgan fingerprint density at radius 2 is 1.59 bits per heavy atom. The fraction of sp³-hybridized carbons (Fsp3) is 0.448. The fourth-order valence-electron chi connectivity index (χ4n) is 5.87. The molecule has 1 atom stereocenters. The van der Waals surface area contributed by atoms with Crippen molar-refractivity contribution in [3.63, 3.8) is 0 Å². The Bertz CT molecular complexity index is 1220. The molecule has 34 heavy (non-hydrogen) atoms. The smallest absolute Gasteiger partial charge is 0.275 e. The number of rotatable bonds is 3. The van der Waals surface area contributed by atoms with Gasteiger partial charge in [0.15, 0.2) is 0 Å². The molecule has 2 amide bonds. The van der Waals surface area contributed by atoms with Crippen molar-refractivity contribution in [1.82, 2.24) is 9.88 Å². The van der Waals surface area contributed by atoms with Gasteiger partial charge in [-0.15, -0.1) is 0 Å². The van der Waals surface area contributed by atoms with E-state index in [2.05, 4.69) is 11.4 Å². The maximum Gasteiger partial charge on any atom is 0.275 e. The second-order valence-electron chi connectivity index (χ2n) is 10.5. The number of carbonyl (C=O) groups excluding carboxylic acids is 2.